The van der Waals surface area contributed by atoms with Gasteiger partial charge in [-0.1, -0.05) is 38.1 Å². The van der Waals surface area contributed by atoms with Gasteiger partial charge in [-0.05, 0) is 54.7 Å². The molecule has 2 unspecified atom stereocenters. The van der Waals surface area contributed by atoms with Gasteiger partial charge < -0.3 is 9.84 Å². The van der Waals surface area contributed by atoms with Crippen LogP contribution in [0.3, 0.4) is 0 Å². The van der Waals surface area contributed by atoms with Crippen LogP contribution in [0, 0.1) is 0 Å². The monoisotopic (exact) mass is 459 g/mol. The molecule has 1 aliphatic heterocycles. The predicted octanol–water partition coefficient (Wildman–Crippen LogP) is 3.44. The summed E-state index contributed by atoms with van der Waals surface area (Å²) in [4.78, 5) is 13.4. The highest BCUT2D eigenvalue weighted by Gasteiger charge is 2.33. The standard InChI is InChI=1S/C25H33NO5S/c1-18(2)21-6-4-20(5-7-21)14-26(23-12-13-32(29,30)17-23)15-24(28)16-31-25-10-8-22(9-11-25)19(3)27/h4-11,18,23-24,28H,12-17H2,1-3H3. The van der Waals surface area contributed by atoms with E-state index in [1.165, 1.54) is 12.5 Å². The normalized spacial score (nSPS) is 18.8. The summed E-state index contributed by atoms with van der Waals surface area (Å²) in [5.41, 5.74) is 2.95. The molecule has 7 heteroatoms. The van der Waals surface area contributed by atoms with Gasteiger partial charge >= 0.3 is 0 Å². The average molecular weight is 460 g/mol. The number of ketones is 1. The van der Waals surface area contributed by atoms with Crippen molar-refractivity contribution in [2.75, 3.05) is 24.7 Å². The molecule has 1 N–H and O–H groups in total. The fourth-order valence-electron chi connectivity index (χ4n) is 3.95. The second-order valence-corrected chi connectivity index (χ2v) is 11.2. The summed E-state index contributed by atoms with van der Waals surface area (Å²) in [6.07, 6.45) is -0.201. The van der Waals surface area contributed by atoms with Gasteiger partial charge in [0, 0.05) is 24.7 Å². The first-order valence-corrected chi connectivity index (χ1v) is 12.9. The topological polar surface area (TPSA) is 83.9 Å². The van der Waals surface area contributed by atoms with Crippen molar-refractivity contribution in [2.24, 2.45) is 0 Å². The summed E-state index contributed by atoms with van der Waals surface area (Å²) in [6.45, 7) is 6.78. The lowest BCUT2D eigenvalue weighted by molar-refractivity contribution is 0.0524. The molecule has 1 saturated heterocycles. The number of carbonyl (C=O) groups excluding carboxylic acids is 1. The summed E-state index contributed by atoms with van der Waals surface area (Å²) in [5, 5.41) is 10.6. The number of aliphatic hydroxyl groups is 1. The van der Waals surface area contributed by atoms with Crippen LogP contribution in [0.15, 0.2) is 48.5 Å². The van der Waals surface area contributed by atoms with Gasteiger partial charge in [-0.2, -0.15) is 0 Å². The molecular weight excluding hydrogens is 426 g/mol. The largest absolute Gasteiger partial charge is 0.491 e. The molecule has 6 nitrogen and oxygen atoms in total. The highest BCUT2D eigenvalue weighted by Crippen LogP contribution is 2.22. The van der Waals surface area contributed by atoms with E-state index < -0.39 is 15.9 Å². The molecular formula is C25H33NO5S. The van der Waals surface area contributed by atoms with Crippen molar-refractivity contribution in [3.05, 3.63) is 65.2 Å². The molecule has 32 heavy (non-hydrogen) atoms. The van der Waals surface area contributed by atoms with E-state index in [1.807, 2.05) is 0 Å². The summed E-state index contributed by atoms with van der Waals surface area (Å²) < 4.78 is 29.8. The molecule has 0 aliphatic carbocycles. The number of hydrogen-bond acceptors (Lipinski definition) is 6. The number of rotatable bonds is 10. The van der Waals surface area contributed by atoms with Crippen LogP contribution < -0.4 is 4.74 Å². The lowest BCUT2D eigenvalue weighted by atomic mass is 10.0. The maximum atomic E-state index is 12.1. The summed E-state index contributed by atoms with van der Waals surface area (Å²) in [6, 6.07) is 15.1. The van der Waals surface area contributed by atoms with Crippen LogP contribution in [0.25, 0.3) is 0 Å². The Morgan fingerprint density at radius 2 is 1.78 bits per heavy atom. The molecule has 0 saturated carbocycles. The van der Waals surface area contributed by atoms with Crippen molar-refractivity contribution in [3.63, 3.8) is 0 Å². The Labute approximate surface area is 191 Å². The van der Waals surface area contributed by atoms with Crippen LogP contribution in [0.2, 0.25) is 0 Å². The first kappa shape index (κ1) is 24.4. The number of benzene rings is 2. The zero-order chi connectivity index (χ0) is 23.3. The minimum Gasteiger partial charge on any atom is -0.491 e. The van der Waals surface area contributed by atoms with Crippen LogP contribution in [0.4, 0.5) is 0 Å². The Morgan fingerprint density at radius 3 is 2.31 bits per heavy atom. The molecule has 0 amide bonds. The van der Waals surface area contributed by atoms with Crippen molar-refractivity contribution in [3.8, 4) is 5.75 Å². The molecule has 0 radical (unpaired) electrons. The van der Waals surface area contributed by atoms with Crippen molar-refractivity contribution in [1.29, 1.82) is 0 Å². The van der Waals surface area contributed by atoms with E-state index in [4.69, 9.17) is 4.74 Å². The Hall–Kier alpha value is -2.22. The van der Waals surface area contributed by atoms with Gasteiger partial charge in [-0.15, -0.1) is 0 Å². The number of carbonyl (C=O) groups is 1. The Bertz CT molecular complexity index is 1000. The number of Topliss-reactive ketones (excluding diaryl/α,β-unsaturated/α-hetero) is 1. The quantitative estimate of drug-likeness (QED) is 0.548. The van der Waals surface area contributed by atoms with E-state index >= 15 is 0 Å². The van der Waals surface area contributed by atoms with Crippen molar-refractivity contribution in [1.82, 2.24) is 4.90 Å². The smallest absolute Gasteiger partial charge is 0.159 e. The zero-order valence-corrected chi connectivity index (χ0v) is 19.8. The van der Waals surface area contributed by atoms with Gasteiger partial charge in [0.2, 0.25) is 0 Å². The van der Waals surface area contributed by atoms with E-state index in [1.54, 1.807) is 24.3 Å². The summed E-state index contributed by atoms with van der Waals surface area (Å²) >= 11 is 0. The fourth-order valence-corrected chi connectivity index (χ4v) is 5.71. The molecule has 3 rings (SSSR count). The van der Waals surface area contributed by atoms with E-state index in [-0.39, 0.29) is 29.9 Å². The minimum atomic E-state index is -3.04. The third-order valence-electron chi connectivity index (χ3n) is 5.91. The van der Waals surface area contributed by atoms with E-state index in [0.717, 1.165) is 5.56 Å². The van der Waals surface area contributed by atoms with E-state index in [9.17, 15) is 18.3 Å². The van der Waals surface area contributed by atoms with Crippen LogP contribution in [0.5, 0.6) is 5.75 Å². The van der Waals surface area contributed by atoms with Gasteiger partial charge in [0.25, 0.3) is 0 Å². The Morgan fingerprint density at radius 1 is 1.12 bits per heavy atom. The number of hydrogen-bond donors (Lipinski definition) is 1. The third kappa shape index (κ3) is 6.89. The fraction of sp³-hybridized carbons (Fsp3) is 0.480. The average Bonchev–Trinajstić information content (AvgIpc) is 3.12. The van der Waals surface area contributed by atoms with Crippen LogP contribution >= 0.6 is 0 Å². The second kappa shape index (κ2) is 10.6. The third-order valence-corrected chi connectivity index (χ3v) is 7.66. The van der Waals surface area contributed by atoms with Gasteiger partial charge in [-0.3, -0.25) is 9.69 Å². The van der Waals surface area contributed by atoms with Gasteiger partial charge in [0.15, 0.2) is 15.6 Å². The maximum absolute atomic E-state index is 12.1. The summed E-state index contributed by atoms with van der Waals surface area (Å²) in [5.74, 6) is 1.32. The highest BCUT2D eigenvalue weighted by molar-refractivity contribution is 7.91. The molecule has 0 aromatic heterocycles. The Balaban J connectivity index is 1.64. The highest BCUT2D eigenvalue weighted by atomic mass is 32.2. The van der Waals surface area contributed by atoms with E-state index in [0.29, 0.717) is 36.7 Å². The first-order chi connectivity index (χ1) is 15.1. The van der Waals surface area contributed by atoms with Gasteiger partial charge in [0.1, 0.15) is 18.5 Å². The Kier molecular flexibility index (Phi) is 8.09. The molecule has 0 bridgehead atoms. The number of sulfone groups is 1. The van der Waals surface area contributed by atoms with Gasteiger partial charge in [0.05, 0.1) is 11.5 Å². The lowest BCUT2D eigenvalue weighted by Crippen LogP contribution is -2.42. The first-order valence-electron chi connectivity index (χ1n) is 11.1. The predicted molar refractivity (Wildman–Crippen MR) is 126 cm³/mol. The molecule has 2 aromatic carbocycles. The second-order valence-electron chi connectivity index (χ2n) is 8.93. The summed E-state index contributed by atoms with van der Waals surface area (Å²) in [7, 11) is -3.04. The molecule has 2 atom stereocenters. The SMILES string of the molecule is CC(=O)c1ccc(OCC(O)CN(Cc2ccc(C(C)C)cc2)C2CCS(=O)(=O)C2)cc1. The van der Waals surface area contributed by atoms with E-state index in [2.05, 4.69) is 43.0 Å². The van der Waals surface area contributed by atoms with Crippen LogP contribution in [-0.4, -0.2) is 61.0 Å². The molecule has 1 fully saturated rings. The van der Waals surface area contributed by atoms with Crippen molar-refractivity contribution >= 4 is 15.6 Å². The van der Waals surface area contributed by atoms with Gasteiger partial charge in [-0.25, -0.2) is 8.42 Å². The minimum absolute atomic E-state index is 0.0137. The molecule has 0 spiro atoms. The van der Waals surface area contributed by atoms with Crippen molar-refractivity contribution in [2.45, 2.75) is 51.8 Å². The number of aliphatic hydroxyl groups excluding tert-OH is 1. The molecule has 2 aromatic rings. The molecule has 174 valence electrons. The van der Waals surface area contributed by atoms with Crippen LogP contribution in [0.1, 0.15) is 54.6 Å². The lowest BCUT2D eigenvalue weighted by Gasteiger charge is -2.30. The van der Waals surface area contributed by atoms with Crippen LogP contribution in [-0.2, 0) is 16.4 Å². The molecule has 1 aliphatic rings. The maximum Gasteiger partial charge on any atom is 0.159 e. The number of ether oxygens (including phenoxy) is 1. The zero-order valence-electron chi connectivity index (χ0n) is 19.0. The number of nitrogens with zero attached hydrogens (tertiary/aromatic N) is 1. The van der Waals surface area contributed by atoms with Crippen molar-refractivity contribution < 1.29 is 23.1 Å². The molecule has 1 heterocycles.